The Morgan fingerprint density at radius 2 is 1.36 bits per heavy atom. The number of carbonyl (C=O) groups is 4. The number of amides is 2. The van der Waals surface area contributed by atoms with Gasteiger partial charge in [-0.3, -0.25) is 14.9 Å². The highest BCUT2D eigenvalue weighted by Crippen LogP contribution is 2.45. The van der Waals surface area contributed by atoms with Crippen molar-refractivity contribution < 1.29 is 75.9 Å². The number of aliphatic hydroxyl groups excluding tert-OH is 1. The number of ether oxygens (including phenoxy) is 8. The van der Waals surface area contributed by atoms with Crippen LogP contribution >= 0.6 is 23.1 Å². The van der Waals surface area contributed by atoms with E-state index in [1.54, 1.807) is 128 Å². The first-order valence-electron chi connectivity index (χ1n) is 29.8. The van der Waals surface area contributed by atoms with E-state index < -0.39 is 75.3 Å². The molecule has 91 heavy (non-hydrogen) atoms. The van der Waals surface area contributed by atoms with Gasteiger partial charge in [0, 0.05) is 42.3 Å². The fourth-order valence-electron chi connectivity index (χ4n) is 10.8. The Morgan fingerprint density at radius 3 is 1.92 bits per heavy atom. The van der Waals surface area contributed by atoms with E-state index >= 15 is 9.18 Å². The van der Waals surface area contributed by atoms with Gasteiger partial charge in [-0.2, -0.15) is 0 Å². The molecule has 5 heterocycles. The van der Waals surface area contributed by atoms with Crippen LogP contribution in [0, 0.1) is 5.82 Å². The van der Waals surface area contributed by atoms with Gasteiger partial charge < -0.3 is 67.1 Å². The number of hydrogen-bond donors (Lipinski definition) is 3. The molecule has 2 fully saturated rings. The highest BCUT2D eigenvalue weighted by molar-refractivity contribution is 8.00. The number of esters is 2. The number of likely N-dealkylation sites (tertiary alicyclic amines) is 1. The van der Waals surface area contributed by atoms with Gasteiger partial charge in [0.15, 0.2) is 39.8 Å². The van der Waals surface area contributed by atoms with Crippen LogP contribution in [0.3, 0.4) is 0 Å². The van der Waals surface area contributed by atoms with Crippen LogP contribution < -0.4 is 39.7 Å². The molecule has 1 unspecified atom stereocenters. The Kier molecular flexibility index (Phi) is 20.6. The molecule has 9 rings (SSSR count). The minimum absolute atomic E-state index is 0.0100. The number of anilines is 1. The van der Waals surface area contributed by atoms with E-state index in [4.69, 9.17) is 42.7 Å². The first kappa shape index (κ1) is 67.0. The maximum atomic E-state index is 17.4. The fourth-order valence-corrected chi connectivity index (χ4v) is 12.9. The number of thiazole rings is 1. The van der Waals surface area contributed by atoms with Crippen molar-refractivity contribution in [2.24, 2.45) is 5.16 Å². The van der Waals surface area contributed by atoms with Gasteiger partial charge in [-0.25, -0.2) is 23.8 Å². The Morgan fingerprint density at radius 1 is 0.791 bits per heavy atom. The number of hydrogen-bond acceptors (Lipinski definition) is 20. The Balaban J connectivity index is 1.04. The Hall–Kier alpha value is -8.39. The molecule has 3 atom stereocenters. The lowest BCUT2D eigenvalue weighted by molar-refractivity contribution is -0.925. The predicted molar refractivity (Wildman–Crippen MR) is 342 cm³/mol. The molecular formula is C66H79FN7O15S2+. The number of oxime groups is 1. The fraction of sp³-hybridized carbons (Fsp3) is 0.439. The maximum Gasteiger partial charge on any atom is 0.413 e. The van der Waals surface area contributed by atoms with Crippen molar-refractivity contribution in [2.75, 3.05) is 52.0 Å². The summed E-state index contributed by atoms with van der Waals surface area (Å²) in [5.41, 5.74) is -0.811. The monoisotopic (exact) mass is 1290 g/mol. The third-order valence-corrected chi connectivity index (χ3v) is 17.5. The lowest BCUT2D eigenvalue weighted by Crippen LogP contribution is -2.73. The van der Waals surface area contributed by atoms with Gasteiger partial charge in [-0.05, 0) is 121 Å². The van der Waals surface area contributed by atoms with Crippen LogP contribution in [0.4, 0.5) is 14.3 Å². The molecule has 25 heteroatoms. The molecule has 2 amide bonds. The summed E-state index contributed by atoms with van der Waals surface area (Å²) in [6, 6.07) is 22.0. The first-order valence-corrected chi connectivity index (χ1v) is 31.8. The first-order chi connectivity index (χ1) is 43.2. The molecule has 4 aromatic carbocycles. The summed E-state index contributed by atoms with van der Waals surface area (Å²) in [7, 11) is 4.69. The third-order valence-electron chi connectivity index (χ3n) is 15.3. The number of benzene rings is 4. The summed E-state index contributed by atoms with van der Waals surface area (Å²) in [6.45, 7) is 16.8. The minimum atomic E-state index is -1.70. The number of rotatable bonds is 24. The van der Waals surface area contributed by atoms with Crippen LogP contribution in [0.2, 0.25) is 0 Å². The van der Waals surface area contributed by atoms with Gasteiger partial charge in [0.05, 0.1) is 50.9 Å². The van der Waals surface area contributed by atoms with Crippen LogP contribution in [0.5, 0.6) is 28.7 Å². The number of thioether (sulfide) groups is 1. The summed E-state index contributed by atoms with van der Waals surface area (Å²) < 4.78 is 65.2. The number of nitrogens with zero attached hydrogens (tertiary/aromatic N) is 5. The highest BCUT2D eigenvalue weighted by Gasteiger charge is 2.55. The molecule has 6 aromatic rings. The van der Waals surface area contributed by atoms with Crippen molar-refractivity contribution in [1.82, 2.24) is 19.8 Å². The van der Waals surface area contributed by atoms with Gasteiger partial charge >= 0.3 is 18.0 Å². The maximum absolute atomic E-state index is 17.4. The van der Waals surface area contributed by atoms with E-state index in [0.29, 0.717) is 58.1 Å². The second-order valence-electron chi connectivity index (χ2n) is 24.9. The third kappa shape index (κ3) is 16.0. The molecule has 2 saturated heterocycles. The molecule has 3 aliphatic heterocycles. The Bertz CT molecular complexity index is 3760. The van der Waals surface area contributed by atoms with Crippen molar-refractivity contribution in [3.63, 3.8) is 0 Å². The molecule has 0 bridgehead atoms. The molecule has 22 nitrogen and oxygen atoms in total. The van der Waals surface area contributed by atoms with Crippen molar-refractivity contribution in [3.05, 3.63) is 146 Å². The molecule has 486 valence electrons. The van der Waals surface area contributed by atoms with Crippen molar-refractivity contribution in [2.45, 2.75) is 143 Å². The van der Waals surface area contributed by atoms with Gasteiger partial charge in [0.2, 0.25) is 5.60 Å². The van der Waals surface area contributed by atoms with Gasteiger partial charge in [-0.15, -0.1) is 23.1 Å². The van der Waals surface area contributed by atoms with E-state index in [2.05, 4.69) is 20.8 Å². The predicted octanol–water partition coefficient (Wildman–Crippen LogP) is 9.99. The van der Waals surface area contributed by atoms with Crippen LogP contribution in [0.15, 0.2) is 112 Å². The molecule has 0 aliphatic carbocycles. The smallest absolute Gasteiger partial charge is 0.413 e. The number of quaternary nitrogens is 1. The average molecular weight is 1290 g/mol. The number of methoxy groups -OCH3 is 3. The minimum Gasteiger partial charge on any atom is -0.497 e. The number of carbonyl (C=O) groups excluding carboxylic acids is 4. The zero-order valence-corrected chi connectivity index (χ0v) is 54.9. The van der Waals surface area contributed by atoms with Crippen molar-refractivity contribution >= 4 is 68.8 Å². The number of pyridine rings is 1. The normalized spacial score (nSPS) is 17.3. The lowest BCUT2D eigenvalue weighted by atomic mass is 10.00. The molecule has 0 spiro atoms. The molecule has 3 N–H and O–H groups in total. The number of aliphatic hydroxyl groups is 1. The van der Waals surface area contributed by atoms with Gasteiger partial charge in [-0.1, -0.05) is 41.6 Å². The summed E-state index contributed by atoms with van der Waals surface area (Å²) in [4.78, 5) is 82.5. The van der Waals surface area contributed by atoms with Crippen LogP contribution in [-0.4, -0.2) is 135 Å². The number of halogens is 1. The van der Waals surface area contributed by atoms with Gasteiger partial charge in [0.25, 0.3) is 5.91 Å². The lowest BCUT2D eigenvalue weighted by Gasteiger charge is -2.56. The summed E-state index contributed by atoms with van der Waals surface area (Å²) in [6.07, 6.45) is 1.04. The van der Waals surface area contributed by atoms with Crippen molar-refractivity contribution in [1.29, 1.82) is 0 Å². The second kappa shape index (κ2) is 28.0. The second-order valence-corrected chi connectivity index (χ2v) is 26.8. The zero-order valence-electron chi connectivity index (χ0n) is 53.3. The molecule has 2 aromatic heterocycles. The van der Waals surface area contributed by atoms with E-state index in [-0.39, 0.29) is 77.6 Å². The molecule has 0 saturated carbocycles. The molecular weight excluding hydrogens is 1210 g/mol. The summed E-state index contributed by atoms with van der Waals surface area (Å²) in [5.74, 6) is -1.04. The van der Waals surface area contributed by atoms with Crippen LogP contribution in [-0.2, 0) is 66.3 Å². The van der Waals surface area contributed by atoms with E-state index in [1.807, 2.05) is 31.2 Å². The van der Waals surface area contributed by atoms with Crippen LogP contribution in [0.1, 0.15) is 103 Å². The topological polar surface area (TPSA) is 246 Å². The molecule has 0 radical (unpaired) electrons. The van der Waals surface area contributed by atoms with Crippen molar-refractivity contribution in [3.8, 4) is 28.7 Å². The SMILES string of the molecule is CCn1cc(C[N+]2(CC3=C(C(=O)OCc4ccc(OC)cc4)N4C(O)[C@@H](NC(=O)/C(=N\OC(C)(C)C(=O)OC(C)(C)C)c5csc(NC(=O)OC(C)(C)C)n5)[C@H]4SC3)CCCC2)c(=O)c2cc(OCc3ccc(OC)cc3)c(OCc3ccc(OC)cc3)c(F)c21. The van der Waals surface area contributed by atoms with E-state index in [9.17, 15) is 24.3 Å². The standard InChI is InChI=1S/C66H78FN7O15S2/c1-13-72-31-42(55(75)47-30-49(84-34-39-16-22-44(81-10)23-17-39)56(50(67)54(47)72)85-35-40-18-24-45(82-11)25-19-40)32-74(28-14-15-29-74)33-43-37-90-59-52(58(77)73(59)53(43)60(78)86-36-41-20-26-46(83-12)27-21-41)69-57(76)51(71-89-66(8,9)61(79)87-64(2,3)4)48-38-91-62(68-48)70-63(80)88-65(5,6)7/h16-27,30-31,38,52,58-59,77H,13-15,28-29,32-37H2,1-12H3,(H-,68,69,70,76,80)/p+1/b71-51-/t52-,58?,59-/m1/s1. The van der Waals surface area contributed by atoms with E-state index in [0.717, 1.165) is 35.3 Å². The molecule has 3 aliphatic rings. The largest absolute Gasteiger partial charge is 0.497 e. The number of aryl methyl sites for hydroxylation is 1. The Labute approximate surface area is 536 Å². The van der Waals surface area contributed by atoms with Gasteiger partial charge in [0.1, 0.15) is 84.2 Å². The summed E-state index contributed by atoms with van der Waals surface area (Å²) >= 11 is 2.36. The zero-order chi connectivity index (χ0) is 65.6. The quantitative estimate of drug-likeness (QED) is 0.0168. The summed E-state index contributed by atoms with van der Waals surface area (Å²) in [5, 5.41) is 22.8. The van der Waals surface area contributed by atoms with E-state index in [1.165, 1.54) is 35.9 Å². The highest BCUT2D eigenvalue weighted by atomic mass is 32.2. The number of nitrogens with one attached hydrogen (secondary N) is 2. The number of aromatic nitrogens is 2. The van der Waals surface area contributed by atoms with Crippen LogP contribution in [0.25, 0.3) is 10.9 Å². The number of fused-ring (bicyclic) bond motifs is 2. The average Bonchev–Trinajstić information content (AvgIpc) is 1.65.